The molecule has 0 spiro atoms. The second-order valence-corrected chi connectivity index (χ2v) is 5.04. The van der Waals surface area contributed by atoms with Gasteiger partial charge in [0, 0.05) is 20.5 Å². The van der Waals surface area contributed by atoms with Crippen LogP contribution in [-0.4, -0.2) is 21.2 Å². The number of rotatable bonds is 7. The lowest BCUT2D eigenvalue weighted by Crippen LogP contribution is -2.39. The number of ether oxygens (including phenoxy) is 1. The van der Waals surface area contributed by atoms with Crippen molar-refractivity contribution in [1.29, 1.82) is 0 Å². The van der Waals surface area contributed by atoms with E-state index in [-0.39, 0.29) is 24.4 Å². The normalized spacial score (nSPS) is 12.0. The molecule has 0 amide bonds. The Labute approximate surface area is 126 Å². The van der Waals surface area contributed by atoms with Crippen molar-refractivity contribution in [3.63, 3.8) is 0 Å². The minimum atomic E-state index is -0.788. The number of anilines is 1. The summed E-state index contributed by atoms with van der Waals surface area (Å²) in [5.74, 6) is -0.595. The molecule has 2 N–H and O–H groups in total. The monoisotopic (exact) mass is 312 g/mol. The molecule has 0 aliphatic rings. The van der Waals surface area contributed by atoms with Gasteiger partial charge in [0.05, 0.1) is 6.10 Å². The third-order valence-corrected chi connectivity index (χ3v) is 3.27. The number of esters is 1. The highest BCUT2D eigenvalue weighted by atomic mass is 16.5. The van der Waals surface area contributed by atoms with Crippen LogP contribution in [-0.2, 0) is 23.1 Å². The molecule has 1 aromatic heterocycles. The van der Waals surface area contributed by atoms with Crippen LogP contribution in [0.2, 0.25) is 0 Å². The highest BCUT2D eigenvalue weighted by Gasteiger charge is 2.15. The van der Waals surface area contributed by atoms with E-state index in [2.05, 4.69) is 5.18 Å². The van der Waals surface area contributed by atoms with E-state index in [1.54, 1.807) is 6.92 Å². The zero-order chi connectivity index (χ0) is 16.9. The molecule has 0 bridgehead atoms. The van der Waals surface area contributed by atoms with E-state index >= 15 is 0 Å². The van der Waals surface area contributed by atoms with Crippen molar-refractivity contribution in [3.8, 4) is 0 Å². The zero-order valence-corrected chi connectivity index (χ0v) is 12.9. The SMILES string of the molecule is CC(=O)OC(C)CCCCn1c(=O)c(N=O)c(N)n(C)c1=O. The molecule has 1 aromatic rings. The van der Waals surface area contributed by atoms with Crippen LogP contribution in [0.15, 0.2) is 14.8 Å². The van der Waals surface area contributed by atoms with Gasteiger partial charge in [-0.25, -0.2) is 4.79 Å². The van der Waals surface area contributed by atoms with Crippen molar-refractivity contribution >= 4 is 17.5 Å². The summed E-state index contributed by atoms with van der Waals surface area (Å²) in [4.78, 5) is 45.4. The molecule has 0 fully saturated rings. The molecule has 9 heteroatoms. The Hall–Kier alpha value is -2.45. The molecule has 0 saturated carbocycles. The number of unbranched alkanes of at least 4 members (excludes halogenated alkanes) is 1. The first-order chi connectivity index (χ1) is 10.3. The number of aromatic nitrogens is 2. The minimum Gasteiger partial charge on any atom is -0.463 e. The van der Waals surface area contributed by atoms with Gasteiger partial charge in [0.15, 0.2) is 0 Å². The fourth-order valence-electron chi connectivity index (χ4n) is 2.09. The molecule has 0 saturated heterocycles. The van der Waals surface area contributed by atoms with Crippen molar-refractivity contribution in [2.45, 2.75) is 45.8 Å². The lowest BCUT2D eigenvalue weighted by atomic mass is 10.2. The van der Waals surface area contributed by atoms with Crippen LogP contribution < -0.4 is 17.0 Å². The summed E-state index contributed by atoms with van der Waals surface area (Å²) in [7, 11) is 1.37. The summed E-state index contributed by atoms with van der Waals surface area (Å²) in [6.07, 6.45) is 1.56. The maximum atomic E-state index is 12.0. The van der Waals surface area contributed by atoms with Gasteiger partial charge >= 0.3 is 11.7 Å². The summed E-state index contributed by atoms with van der Waals surface area (Å²) in [5.41, 5.74) is 3.67. The molecule has 1 heterocycles. The van der Waals surface area contributed by atoms with Gasteiger partial charge in [-0.3, -0.25) is 18.7 Å². The molecule has 0 aromatic carbocycles. The third-order valence-electron chi connectivity index (χ3n) is 3.27. The summed E-state index contributed by atoms with van der Waals surface area (Å²) in [6.45, 7) is 3.24. The van der Waals surface area contributed by atoms with Crippen molar-refractivity contribution in [1.82, 2.24) is 9.13 Å². The maximum absolute atomic E-state index is 12.0. The predicted octanol–water partition coefficient (Wildman–Crippen LogP) is 0.649. The van der Waals surface area contributed by atoms with E-state index in [1.165, 1.54) is 14.0 Å². The zero-order valence-electron chi connectivity index (χ0n) is 12.9. The molecule has 0 aliphatic heterocycles. The van der Waals surface area contributed by atoms with E-state index in [0.717, 1.165) is 9.13 Å². The molecule has 1 atom stereocenters. The van der Waals surface area contributed by atoms with E-state index in [1.807, 2.05) is 0 Å². The predicted molar refractivity (Wildman–Crippen MR) is 80.9 cm³/mol. The van der Waals surface area contributed by atoms with Crippen LogP contribution in [0.5, 0.6) is 0 Å². The first-order valence-corrected chi connectivity index (χ1v) is 6.89. The summed E-state index contributed by atoms with van der Waals surface area (Å²) in [6, 6.07) is 0. The van der Waals surface area contributed by atoms with E-state index < -0.39 is 16.9 Å². The second-order valence-electron chi connectivity index (χ2n) is 5.04. The van der Waals surface area contributed by atoms with Crippen LogP contribution in [0.4, 0.5) is 11.5 Å². The minimum absolute atomic E-state index is 0.140. The third kappa shape index (κ3) is 4.03. The second kappa shape index (κ2) is 7.53. The van der Waals surface area contributed by atoms with Gasteiger partial charge in [-0.15, -0.1) is 4.91 Å². The number of nitrogen functional groups attached to an aromatic ring is 1. The van der Waals surface area contributed by atoms with E-state index in [9.17, 15) is 19.3 Å². The number of hydrogen-bond donors (Lipinski definition) is 1. The lowest BCUT2D eigenvalue weighted by molar-refractivity contribution is -0.145. The number of carbonyl (C=O) groups is 1. The Balaban J connectivity index is 2.77. The lowest BCUT2D eigenvalue weighted by Gasteiger charge is -2.12. The average molecular weight is 312 g/mol. The molecule has 1 rings (SSSR count). The first-order valence-electron chi connectivity index (χ1n) is 6.89. The standard InChI is InChI=1S/C13H20N4O5/c1-8(22-9(2)18)6-4-5-7-17-12(19)10(15-21)11(14)16(3)13(17)20/h8H,4-7,14H2,1-3H3. The number of nitrogens with two attached hydrogens (primary N) is 1. The summed E-state index contributed by atoms with van der Waals surface area (Å²) < 4.78 is 6.92. The topological polar surface area (TPSA) is 126 Å². The first kappa shape index (κ1) is 17.6. The Morgan fingerprint density at radius 1 is 1.36 bits per heavy atom. The highest BCUT2D eigenvalue weighted by Crippen LogP contribution is 2.13. The fraction of sp³-hybridized carbons (Fsp3) is 0.615. The quantitative estimate of drug-likeness (QED) is 0.447. The molecule has 9 nitrogen and oxygen atoms in total. The van der Waals surface area contributed by atoms with Gasteiger partial charge in [0.1, 0.15) is 5.82 Å². The van der Waals surface area contributed by atoms with Gasteiger partial charge in [-0.2, -0.15) is 0 Å². The molecule has 0 radical (unpaired) electrons. The smallest absolute Gasteiger partial charge is 0.332 e. The maximum Gasteiger partial charge on any atom is 0.332 e. The van der Waals surface area contributed by atoms with Crippen LogP contribution in [0.1, 0.15) is 33.1 Å². The largest absolute Gasteiger partial charge is 0.463 e. The van der Waals surface area contributed by atoms with Crippen LogP contribution in [0.3, 0.4) is 0 Å². The Morgan fingerprint density at radius 3 is 2.55 bits per heavy atom. The molecule has 22 heavy (non-hydrogen) atoms. The molecule has 122 valence electrons. The average Bonchev–Trinajstić information content (AvgIpc) is 2.44. The molecular formula is C13H20N4O5. The summed E-state index contributed by atoms with van der Waals surface area (Å²) in [5, 5.41) is 2.60. The summed E-state index contributed by atoms with van der Waals surface area (Å²) >= 11 is 0. The number of carbonyl (C=O) groups excluding carboxylic acids is 1. The number of nitrogens with zero attached hydrogens (tertiary/aromatic N) is 3. The van der Waals surface area contributed by atoms with Gasteiger partial charge in [-0.05, 0) is 31.4 Å². The fourth-order valence-corrected chi connectivity index (χ4v) is 2.09. The van der Waals surface area contributed by atoms with Crippen LogP contribution >= 0.6 is 0 Å². The van der Waals surface area contributed by atoms with Crippen molar-refractivity contribution in [2.24, 2.45) is 12.2 Å². The number of hydrogen-bond acceptors (Lipinski definition) is 7. The van der Waals surface area contributed by atoms with Gasteiger partial charge < -0.3 is 10.5 Å². The van der Waals surface area contributed by atoms with Crippen LogP contribution in [0.25, 0.3) is 0 Å². The van der Waals surface area contributed by atoms with Gasteiger partial charge in [0.2, 0.25) is 5.69 Å². The van der Waals surface area contributed by atoms with Crippen molar-refractivity contribution in [3.05, 3.63) is 25.7 Å². The molecule has 1 unspecified atom stereocenters. The highest BCUT2D eigenvalue weighted by molar-refractivity contribution is 5.66. The Bertz CT molecular complexity index is 676. The van der Waals surface area contributed by atoms with Gasteiger partial charge in [0.25, 0.3) is 5.56 Å². The Kier molecular flexibility index (Phi) is 6.02. The van der Waals surface area contributed by atoms with Crippen LogP contribution in [0, 0.1) is 4.91 Å². The van der Waals surface area contributed by atoms with Crippen molar-refractivity contribution in [2.75, 3.05) is 5.73 Å². The van der Waals surface area contributed by atoms with E-state index in [4.69, 9.17) is 10.5 Å². The van der Waals surface area contributed by atoms with Crippen molar-refractivity contribution < 1.29 is 9.53 Å². The van der Waals surface area contributed by atoms with Gasteiger partial charge in [-0.1, -0.05) is 0 Å². The number of nitroso groups, excluding NO2 is 1. The molecule has 0 aliphatic carbocycles. The Morgan fingerprint density at radius 2 is 2.00 bits per heavy atom. The van der Waals surface area contributed by atoms with E-state index in [0.29, 0.717) is 19.3 Å². The molecular weight excluding hydrogens is 292 g/mol.